The molecule has 0 unspecified atom stereocenters. The molecule has 0 atom stereocenters. The van der Waals surface area contributed by atoms with Gasteiger partial charge in [-0.3, -0.25) is 0 Å². The van der Waals surface area contributed by atoms with Gasteiger partial charge in [0.05, 0.1) is 4.90 Å². The average Bonchev–Trinajstić information content (AvgIpc) is 2.89. The van der Waals surface area contributed by atoms with Gasteiger partial charge < -0.3 is 0 Å². The van der Waals surface area contributed by atoms with Gasteiger partial charge in [0.15, 0.2) is 5.82 Å². The molecule has 0 aliphatic rings. The molecular weight excluding hydrogens is 324 g/mol. The number of aromatic nitrogens is 3. The molecule has 3 rings (SSSR count). The van der Waals surface area contributed by atoms with Crippen molar-refractivity contribution in [2.75, 3.05) is 4.83 Å². The molecule has 1 N–H and O–H groups in total. The quantitative estimate of drug-likeness (QED) is 0.772. The number of aryl methyl sites for hydroxylation is 2. The van der Waals surface area contributed by atoms with Crippen molar-refractivity contribution in [2.24, 2.45) is 0 Å². The van der Waals surface area contributed by atoms with Crippen LogP contribution in [-0.4, -0.2) is 23.3 Å². The Balaban J connectivity index is 1.90. The second-order valence-electron chi connectivity index (χ2n) is 5.57. The zero-order valence-corrected chi connectivity index (χ0v) is 14.3. The Morgan fingerprint density at radius 3 is 2.29 bits per heavy atom. The Labute approximate surface area is 141 Å². The average molecular weight is 342 g/mol. The molecule has 0 aliphatic carbocycles. The molecule has 0 bridgehead atoms. The highest BCUT2D eigenvalue weighted by molar-refractivity contribution is 7.92. The van der Waals surface area contributed by atoms with Gasteiger partial charge in [0, 0.05) is 6.42 Å². The van der Waals surface area contributed by atoms with Crippen LogP contribution >= 0.6 is 0 Å². The first-order valence-electron chi connectivity index (χ1n) is 7.50. The van der Waals surface area contributed by atoms with E-state index in [9.17, 15) is 8.42 Å². The highest BCUT2D eigenvalue weighted by atomic mass is 32.2. The van der Waals surface area contributed by atoms with Crippen LogP contribution in [-0.2, 0) is 16.4 Å². The molecule has 1 heterocycles. The molecule has 6 nitrogen and oxygen atoms in total. The molecule has 0 fully saturated rings. The Morgan fingerprint density at radius 1 is 0.958 bits per heavy atom. The lowest BCUT2D eigenvalue weighted by atomic mass is 10.1. The van der Waals surface area contributed by atoms with Crippen molar-refractivity contribution in [2.45, 2.75) is 25.2 Å². The Morgan fingerprint density at radius 2 is 1.62 bits per heavy atom. The number of nitrogens with zero attached hydrogens (tertiary/aromatic N) is 3. The number of nitrogens with one attached hydrogen (secondary N) is 1. The number of rotatable bonds is 5. The van der Waals surface area contributed by atoms with Crippen molar-refractivity contribution in [3.05, 3.63) is 77.4 Å². The van der Waals surface area contributed by atoms with E-state index in [-0.39, 0.29) is 4.90 Å². The van der Waals surface area contributed by atoms with E-state index in [1.54, 1.807) is 31.2 Å². The first kappa shape index (κ1) is 16.2. The van der Waals surface area contributed by atoms with Crippen molar-refractivity contribution in [3.8, 4) is 0 Å². The highest BCUT2D eigenvalue weighted by Crippen LogP contribution is 2.13. The van der Waals surface area contributed by atoms with Crippen molar-refractivity contribution in [1.82, 2.24) is 14.9 Å². The Kier molecular flexibility index (Phi) is 4.35. The number of benzene rings is 2. The molecule has 0 aliphatic heterocycles. The van der Waals surface area contributed by atoms with E-state index in [0.29, 0.717) is 18.1 Å². The molecule has 1 aromatic heterocycles. The summed E-state index contributed by atoms with van der Waals surface area (Å²) in [6.45, 7) is 3.62. The van der Waals surface area contributed by atoms with Crippen LogP contribution < -0.4 is 4.83 Å². The van der Waals surface area contributed by atoms with Crippen LogP contribution in [0.5, 0.6) is 0 Å². The van der Waals surface area contributed by atoms with Crippen LogP contribution in [0.2, 0.25) is 0 Å². The van der Waals surface area contributed by atoms with E-state index in [4.69, 9.17) is 0 Å². The highest BCUT2D eigenvalue weighted by Gasteiger charge is 2.18. The summed E-state index contributed by atoms with van der Waals surface area (Å²) in [5.74, 6) is 1.02. The topological polar surface area (TPSA) is 76.9 Å². The zero-order valence-electron chi connectivity index (χ0n) is 13.5. The third kappa shape index (κ3) is 3.46. The third-order valence-electron chi connectivity index (χ3n) is 3.64. The van der Waals surface area contributed by atoms with Gasteiger partial charge in [-0.05, 0) is 31.5 Å². The van der Waals surface area contributed by atoms with Crippen molar-refractivity contribution >= 4 is 10.0 Å². The van der Waals surface area contributed by atoms with Gasteiger partial charge in [-0.2, -0.15) is 8.42 Å². The summed E-state index contributed by atoms with van der Waals surface area (Å²) in [5, 5.41) is 8.08. The van der Waals surface area contributed by atoms with E-state index in [1.807, 2.05) is 37.3 Å². The minimum Gasteiger partial charge on any atom is -0.214 e. The third-order valence-corrected chi connectivity index (χ3v) is 4.96. The monoisotopic (exact) mass is 342 g/mol. The van der Waals surface area contributed by atoms with Crippen molar-refractivity contribution < 1.29 is 8.42 Å². The Hall–Kier alpha value is -2.67. The molecule has 0 radical (unpaired) electrons. The second kappa shape index (κ2) is 6.45. The van der Waals surface area contributed by atoms with E-state index >= 15 is 0 Å². The Bertz CT molecular complexity index is 932. The summed E-state index contributed by atoms with van der Waals surface area (Å²) in [4.78, 5) is 2.76. The van der Waals surface area contributed by atoms with Crippen LogP contribution in [0.4, 0.5) is 0 Å². The lowest BCUT2D eigenvalue weighted by molar-refractivity contribution is 0.593. The fourth-order valence-electron chi connectivity index (χ4n) is 2.31. The predicted octanol–water partition coefficient (Wildman–Crippen LogP) is 2.42. The van der Waals surface area contributed by atoms with Crippen LogP contribution in [0.15, 0.2) is 59.5 Å². The smallest absolute Gasteiger partial charge is 0.214 e. The van der Waals surface area contributed by atoms with Gasteiger partial charge in [-0.1, -0.05) is 48.0 Å². The van der Waals surface area contributed by atoms with Gasteiger partial charge in [0.1, 0.15) is 5.82 Å². The largest absolute Gasteiger partial charge is 0.275 e. The summed E-state index contributed by atoms with van der Waals surface area (Å²) in [5.41, 5.74) is 2.03. The van der Waals surface area contributed by atoms with E-state index < -0.39 is 10.0 Å². The minimum absolute atomic E-state index is 0.201. The van der Waals surface area contributed by atoms with Gasteiger partial charge in [0.25, 0.3) is 10.0 Å². The normalized spacial score (nSPS) is 11.4. The maximum absolute atomic E-state index is 12.6. The molecule has 0 spiro atoms. The van der Waals surface area contributed by atoms with E-state index in [2.05, 4.69) is 15.0 Å². The predicted molar refractivity (Wildman–Crippen MR) is 91.7 cm³/mol. The first-order chi connectivity index (χ1) is 11.5. The standard InChI is InChI=1S/C17H18N4O2S/c1-13-8-10-16(11-9-13)24(22,23)20-21-14(2)18-19-17(21)12-15-6-4-3-5-7-15/h3-11,20H,12H2,1-2H3. The number of hydrogen-bond donors (Lipinski definition) is 1. The molecule has 0 amide bonds. The minimum atomic E-state index is -3.70. The number of sulfonamides is 1. The maximum Gasteiger partial charge on any atom is 0.275 e. The SMILES string of the molecule is Cc1ccc(S(=O)(=O)Nn2c(C)nnc2Cc2ccccc2)cc1. The molecule has 0 saturated carbocycles. The first-order valence-corrected chi connectivity index (χ1v) is 8.98. The lowest BCUT2D eigenvalue weighted by Crippen LogP contribution is -2.26. The molecule has 7 heteroatoms. The molecule has 24 heavy (non-hydrogen) atoms. The second-order valence-corrected chi connectivity index (χ2v) is 7.23. The van der Waals surface area contributed by atoms with Gasteiger partial charge in [-0.15, -0.1) is 10.2 Å². The van der Waals surface area contributed by atoms with Crippen LogP contribution in [0.25, 0.3) is 0 Å². The van der Waals surface area contributed by atoms with Crippen LogP contribution in [0, 0.1) is 13.8 Å². The van der Waals surface area contributed by atoms with Gasteiger partial charge in [0.2, 0.25) is 0 Å². The molecule has 3 aromatic rings. The van der Waals surface area contributed by atoms with Crippen LogP contribution in [0.3, 0.4) is 0 Å². The van der Waals surface area contributed by atoms with Gasteiger partial charge >= 0.3 is 0 Å². The summed E-state index contributed by atoms with van der Waals surface area (Å²) in [6, 6.07) is 16.4. The fourth-order valence-corrected chi connectivity index (χ4v) is 3.39. The van der Waals surface area contributed by atoms with Crippen LogP contribution in [0.1, 0.15) is 22.8 Å². The molecular formula is C17H18N4O2S. The zero-order chi connectivity index (χ0) is 17.2. The van der Waals surface area contributed by atoms with Crippen molar-refractivity contribution in [3.63, 3.8) is 0 Å². The molecule has 0 saturated heterocycles. The van der Waals surface area contributed by atoms with E-state index in [0.717, 1.165) is 11.1 Å². The summed E-state index contributed by atoms with van der Waals surface area (Å²) in [6.07, 6.45) is 0.484. The summed E-state index contributed by atoms with van der Waals surface area (Å²) in [7, 11) is -3.70. The lowest BCUT2D eigenvalue weighted by Gasteiger charge is -2.12. The summed E-state index contributed by atoms with van der Waals surface area (Å²) < 4.78 is 26.6. The molecule has 124 valence electrons. The fraction of sp³-hybridized carbons (Fsp3) is 0.176. The van der Waals surface area contributed by atoms with Crippen molar-refractivity contribution in [1.29, 1.82) is 0 Å². The maximum atomic E-state index is 12.6. The van der Waals surface area contributed by atoms with E-state index in [1.165, 1.54) is 4.68 Å². The number of hydrogen-bond acceptors (Lipinski definition) is 4. The summed E-state index contributed by atoms with van der Waals surface area (Å²) >= 11 is 0. The molecule has 2 aromatic carbocycles. The van der Waals surface area contributed by atoms with Gasteiger partial charge in [-0.25, -0.2) is 9.51 Å².